The van der Waals surface area contributed by atoms with Gasteiger partial charge in [0.1, 0.15) is 0 Å². The van der Waals surface area contributed by atoms with E-state index in [0.717, 1.165) is 89.0 Å². The summed E-state index contributed by atoms with van der Waals surface area (Å²) in [7, 11) is -8.01. The fourth-order valence-electron chi connectivity index (χ4n) is 11.7. The van der Waals surface area contributed by atoms with E-state index in [1.807, 2.05) is 6.07 Å². The third-order valence-corrected chi connectivity index (χ3v) is 29.1. The van der Waals surface area contributed by atoms with Crippen LogP contribution in [-0.2, 0) is 28.2 Å². The van der Waals surface area contributed by atoms with Crippen molar-refractivity contribution in [1.29, 1.82) is 0 Å². The van der Waals surface area contributed by atoms with Crippen molar-refractivity contribution >= 4 is 26.5 Å². The Morgan fingerprint density at radius 2 is 1.54 bits per heavy atom. The lowest BCUT2D eigenvalue weighted by Crippen LogP contribution is -2.49. The maximum atomic E-state index is 14.9. The van der Waals surface area contributed by atoms with Gasteiger partial charge in [0.25, 0.3) is 0 Å². The summed E-state index contributed by atoms with van der Waals surface area (Å²) in [6.07, 6.45) is 16.7. The lowest BCUT2D eigenvalue weighted by Gasteiger charge is -2.46. The van der Waals surface area contributed by atoms with Crippen molar-refractivity contribution in [1.82, 2.24) is 0 Å². The van der Waals surface area contributed by atoms with Crippen LogP contribution in [0.1, 0.15) is 152 Å². The Kier molecular flexibility index (Phi) is 15.4. The quantitative estimate of drug-likeness (QED) is 0.123. The molecule has 1 aliphatic heterocycles. The molecule has 4 aliphatic carbocycles. The highest BCUT2D eigenvalue weighted by Crippen LogP contribution is 2.64. The summed E-state index contributed by atoms with van der Waals surface area (Å²) in [5.74, 6) is -0.434. The maximum absolute atomic E-state index is 14.9. The molecule has 5 aliphatic rings. The fraction of sp³-hybridized carbons (Fsp3) is 0.774. The SMILES string of the molecule is C=C1/C(=C\C=C2/CCC[C@]3(C)[C@@H]([C@H](C)C(O)C(CC4(C5(CCCCC)OCCO5)CC4)S(=O)(=O)c4ccccc4)CC[C@@H]23)C[C@@H](O[Si](C)(C)C(C)(C)C)C[C@@H]1O[Si](C)(C)C(C)(C)C. The number of benzene rings is 1. The van der Waals surface area contributed by atoms with Gasteiger partial charge in [0.05, 0.1) is 41.7 Å². The monoisotopic (exact) mass is 925 g/mol. The van der Waals surface area contributed by atoms with Gasteiger partial charge < -0.3 is 23.4 Å². The largest absolute Gasteiger partial charge is 0.413 e. The van der Waals surface area contributed by atoms with E-state index in [4.69, 9.17) is 24.9 Å². The van der Waals surface area contributed by atoms with Crippen LogP contribution < -0.4 is 0 Å². The molecule has 1 saturated heterocycles. The number of allylic oxidation sites excluding steroid dienone is 3. The van der Waals surface area contributed by atoms with Crippen LogP contribution in [0.25, 0.3) is 0 Å². The van der Waals surface area contributed by atoms with Crippen LogP contribution in [0.4, 0.5) is 0 Å². The minimum Gasteiger partial charge on any atom is -0.413 e. The van der Waals surface area contributed by atoms with E-state index in [1.165, 1.54) is 11.1 Å². The predicted octanol–water partition coefficient (Wildman–Crippen LogP) is 13.5. The molecule has 4 saturated carbocycles. The van der Waals surface area contributed by atoms with Crippen molar-refractivity contribution in [3.63, 3.8) is 0 Å². The van der Waals surface area contributed by atoms with Crippen LogP contribution in [-0.4, -0.2) is 72.7 Å². The van der Waals surface area contributed by atoms with Crippen LogP contribution >= 0.6 is 0 Å². The number of rotatable bonds is 17. The van der Waals surface area contributed by atoms with Crippen molar-refractivity contribution in [2.75, 3.05) is 13.2 Å². The average Bonchev–Trinajstić information content (AvgIpc) is 3.68. The Balaban J connectivity index is 1.28. The Labute approximate surface area is 386 Å². The van der Waals surface area contributed by atoms with Gasteiger partial charge in [0, 0.05) is 18.3 Å². The first-order valence-corrected chi connectivity index (χ1v) is 32.3. The van der Waals surface area contributed by atoms with E-state index in [-0.39, 0.29) is 44.4 Å². The maximum Gasteiger partial charge on any atom is 0.192 e. The first kappa shape index (κ1) is 51.0. The van der Waals surface area contributed by atoms with Crippen LogP contribution in [0.2, 0.25) is 36.3 Å². The van der Waals surface area contributed by atoms with Gasteiger partial charge in [-0.3, -0.25) is 0 Å². The standard InChI is InChI=1S/C53H88O7SSi2/c1-15-16-20-30-53(57-33-34-58-53)52(31-32-52)37-47(61(55,56)43-23-18-17-19-24-43)48(54)39(3)44-27-28-45-40(22-21-29-51(44,45)10)25-26-41-35-42(59-62(11,12)49(4,5)6)36-46(38(41)2)60-63(13,14)50(7,8)9/h17-19,23-26,39,42,44-48,54H,2,15-16,20-22,27-37H2,1,3-14H3/b40-25+,41-26-/t39-,42+,44+,45-,46-,47?,48?,51+/m0/s1. The van der Waals surface area contributed by atoms with E-state index in [0.29, 0.717) is 25.6 Å². The van der Waals surface area contributed by atoms with Crippen LogP contribution in [0.5, 0.6) is 0 Å². The first-order chi connectivity index (χ1) is 29.2. The first-order valence-electron chi connectivity index (χ1n) is 24.9. The number of fused-ring (bicyclic) bond motifs is 1. The number of sulfone groups is 1. The molecule has 1 aromatic rings. The molecule has 63 heavy (non-hydrogen) atoms. The van der Waals surface area contributed by atoms with E-state index >= 15 is 0 Å². The number of unbranched alkanes of at least 4 members (excludes halogenated alkanes) is 2. The van der Waals surface area contributed by atoms with E-state index < -0.39 is 49.0 Å². The molecule has 2 unspecified atom stereocenters. The molecule has 5 fully saturated rings. The summed E-state index contributed by atoms with van der Waals surface area (Å²) in [5, 5.41) is 12.0. The highest BCUT2D eigenvalue weighted by atomic mass is 32.2. The van der Waals surface area contributed by atoms with Crippen molar-refractivity contribution in [2.24, 2.45) is 28.6 Å². The summed E-state index contributed by atoms with van der Waals surface area (Å²) < 4.78 is 57.0. The molecule has 1 heterocycles. The Hall–Kier alpha value is -1.38. The van der Waals surface area contributed by atoms with E-state index in [2.05, 4.69) is 101 Å². The minimum absolute atomic E-state index is 0.0497. The average molecular weight is 926 g/mol. The molecule has 0 radical (unpaired) electrons. The molecule has 356 valence electrons. The molecule has 10 heteroatoms. The van der Waals surface area contributed by atoms with Gasteiger partial charge in [-0.25, -0.2) is 8.42 Å². The Morgan fingerprint density at radius 1 is 0.921 bits per heavy atom. The molecule has 1 aromatic carbocycles. The van der Waals surface area contributed by atoms with Gasteiger partial charge in [-0.1, -0.05) is 118 Å². The zero-order valence-corrected chi connectivity index (χ0v) is 44.7. The van der Waals surface area contributed by atoms with Crippen molar-refractivity contribution in [2.45, 2.75) is 223 Å². The van der Waals surface area contributed by atoms with Crippen molar-refractivity contribution < 1.29 is 31.9 Å². The van der Waals surface area contributed by atoms with Gasteiger partial charge >= 0.3 is 0 Å². The highest BCUT2D eigenvalue weighted by molar-refractivity contribution is 7.92. The Bertz CT molecular complexity index is 1910. The number of hydrogen-bond donors (Lipinski definition) is 1. The molecule has 8 atom stereocenters. The molecule has 0 aromatic heterocycles. The second kappa shape index (κ2) is 19.0. The predicted molar refractivity (Wildman–Crippen MR) is 264 cm³/mol. The number of aliphatic hydroxyl groups excluding tert-OH is 1. The molecular formula is C53H88O7SSi2. The molecular weight excluding hydrogens is 837 g/mol. The molecule has 7 nitrogen and oxygen atoms in total. The summed E-state index contributed by atoms with van der Waals surface area (Å²) in [4.78, 5) is 0.287. The summed E-state index contributed by atoms with van der Waals surface area (Å²) in [6.45, 7) is 35.8. The normalized spacial score (nSPS) is 30.7. The Morgan fingerprint density at radius 3 is 2.13 bits per heavy atom. The van der Waals surface area contributed by atoms with Crippen LogP contribution in [0.3, 0.4) is 0 Å². The molecule has 1 N–H and O–H groups in total. The number of ether oxygens (including phenoxy) is 2. The second-order valence-corrected chi connectivity index (χ2v) is 35.7. The third kappa shape index (κ3) is 10.4. The zero-order chi connectivity index (χ0) is 46.4. The summed E-state index contributed by atoms with van der Waals surface area (Å²) in [6, 6.07) is 8.84. The lowest BCUT2D eigenvalue weighted by atomic mass is 9.60. The molecule has 0 bridgehead atoms. The van der Waals surface area contributed by atoms with Crippen LogP contribution in [0.15, 0.2) is 70.7 Å². The zero-order valence-electron chi connectivity index (χ0n) is 41.9. The molecule has 0 spiro atoms. The topological polar surface area (TPSA) is 91.3 Å². The number of aliphatic hydroxyl groups is 1. The third-order valence-electron chi connectivity index (χ3n) is 17.9. The van der Waals surface area contributed by atoms with Gasteiger partial charge in [-0.2, -0.15) is 0 Å². The second-order valence-electron chi connectivity index (χ2n) is 24.0. The van der Waals surface area contributed by atoms with Crippen LogP contribution in [0, 0.1) is 28.6 Å². The van der Waals surface area contributed by atoms with Gasteiger partial charge in [-0.05, 0) is 147 Å². The highest BCUT2D eigenvalue weighted by Gasteiger charge is 2.65. The molecule has 0 amide bonds. The molecule has 6 rings (SSSR count). The summed E-state index contributed by atoms with van der Waals surface area (Å²) >= 11 is 0. The van der Waals surface area contributed by atoms with E-state index in [1.54, 1.807) is 24.3 Å². The summed E-state index contributed by atoms with van der Waals surface area (Å²) in [5.41, 5.74) is 3.36. The minimum atomic E-state index is -3.89. The smallest absolute Gasteiger partial charge is 0.192 e. The van der Waals surface area contributed by atoms with Gasteiger partial charge in [0.2, 0.25) is 0 Å². The lowest BCUT2D eigenvalue weighted by molar-refractivity contribution is -0.214. The number of hydrogen-bond acceptors (Lipinski definition) is 7. The fourth-order valence-corrected chi connectivity index (χ4v) is 16.4. The van der Waals surface area contributed by atoms with Crippen molar-refractivity contribution in [3.8, 4) is 0 Å². The van der Waals surface area contributed by atoms with E-state index in [9.17, 15) is 13.5 Å². The van der Waals surface area contributed by atoms with Gasteiger partial charge in [0.15, 0.2) is 32.3 Å². The van der Waals surface area contributed by atoms with Crippen molar-refractivity contribution in [3.05, 3.63) is 65.8 Å². The van der Waals surface area contributed by atoms with Gasteiger partial charge in [-0.15, -0.1) is 0 Å².